The molecule has 4 heteroatoms. The van der Waals surface area contributed by atoms with E-state index in [-0.39, 0.29) is 18.5 Å². The van der Waals surface area contributed by atoms with Crippen LogP contribution in [0.15, 0.2) is 23.1 Å². The normalized spacial score (nSPS) is 19.6. The minimum atomic E-state index is -0.0977. The molecule has 0 saturated heterocycles. The molecular formula is C16H24FNOS. The topological polar surface area (TPSA) is 32.3 Å². The summed E-state index contributed by atoms with van der Waals surface area (Å²) in [5.41, 5.74) is 1.10. The molecule has 2 unspecified atom stereocenters. The molecule has 2 rings (SSSR count). The monoisotopic (exact) mass is 297 g/mol. The fourth-order valence-corrected chi connectivity index (χ4v) is 3.99. The van der Waals surface area contributed by atoms with Gasteiger partial charge in [0.25, 0.3) is 0 Å². The van der Waals surface area contributed by atoms with E-state index in [0.29, 0.717) is 5.92 Å². The van der Waals surface area contributed by atoms with Gasteiger partial charge < -0.3 is 10.4 Å². The van der Waals surface area contributed by atoms with E-state index in [9.17, 15) is 4.39 Å². The second-order valence-electron chi connectivity index (χ2n) is 5.42. The fourth-order valence-electron chi connectivity index (χ4n) is 2.85. The Morgan fingerprint density at radius 1 is 1.45 bits per heavy atom. The molecular weight excluding hydrogens is 273 g/mol. The quantitative estimate of drug-likeness (QED) is 0.804. The van der Waals surface area contributed by atoms with Crippen LogP contribution in [0.25, 0.3) is 0 Å². The first kappa shape index (κ1) is 15.8. The van der Waals surface area contributed by atoms with Gasteiger partial charge in [0.2, 0.25) is 0 Å². The molecule has 0 saturated carbocycles. The van der Waals surface area contributed by atoms with Crippen molar-refractivity contribution >= 4 is 11.8 Å². The lowest BCUT2D eigenvalue weighted by molar-refractivity contribution is 0.244. The van der Waals surface area contributed by atoms with E-state index in [4.69, 9.17) is 5.11 Å². The van der Waals surface area contributed by atoms with Crippen LogP contribution in [0, 0.1) is 11.7 Å². The van der Waals surface area contributed by atoms with Crippen LogP contribution >= 0.6 is 11.8 Å². The van der Waals surface area contributed by atoms with Crippen molar-refractivity contribution in [2.75, 3.05) is 18.9 Å². The highest BCUT2D eigenvalue weighted by Gasteiger charge is 2.23. The summed E-state index contributed by atoms with van der Waals surface area (Å²) in [4.78, 5) is 0.811. The van der Waals surface area contributed by atoms with Crippen molar-refractivity contribution < 1.29 is 9.50 Å². The van der Waals surface area contributed by atoms with Crippen molar-refractivity contribution in [3.8, 4) is 0 Å². The Labute approximate surface area is 125 Å². The lowest BCUT2D eigenvalue weighted by Crippen LogP contribution is -2.30. The number of fused-ring (bicyclic) bond motifs is 1. The molecule has 112 valence electrons. The van der Waals surface area contributed by atoms with Gasteiger partial charge in [0.1, 0.15) is 5.82 Å². The first-order chi connectivity index (χ1) is 9.76. The Morgan fingerprint density at radius 2 is 2.30 bits per heavy atom. The number of benzene rings is 1. The zero-order valence-corrected chi connectivity index (χ0v) is 12.9. The summed E-state index contributed by atoms with van der Waals surface area (Å²) in [6, 6.07) is 5.62. The minimum absolute atomic E-state index is 0.0977. The van der Waals surface area contributed by atoms with E-state index in [0.717, 1.165) is 48.4 Å². The Balaban J connectivity index is 1.99. The first-order valence-electron chi connectivity index (χ1n) is 7.51. The predicted octanol–water partition coefficient (Wildman–Crippen LogP) is 3.75. The fraction of sp³-hybridized carbons (Fsp3) is 0.625. The number of thioether (sulfide) groups is 1. The van der Waals surface area contributed by atoms with Gasteiger partial charge in [0.15, 0.2) is 0 Å². The first-order valence-corrected chi connectivity index (χ1v) is 8.50. The molecule has 2 N–H and O–H groups in total. The average Bonchev–Trinajstić information content (AvgIpc) is 2.46. The summed E-state index contributed by atoms with van der Waals surface area (Å²) < 4.78 is 13.8. The van der Waals surface area contributed by atoms with E-state index in [2.05, 4.69) is 12.2 Å². The summed E-state index contributed by atoms with van der Waals surface area (Å²) >= 11 is 1.62. The molecule has 2 nitrogen and oxygen atoms in total. The zero-order valence-electron chi connectivity index (χ0n) is 12.1. The summed E-state index contributed by atoms with van der Waals surface area (Å²) in [6.45, 7) is 3.32. The largest absolute Gasteiger partial charge is 0.396 e. The van der Waals surface area contributed by atoms with E-state index in [1.165, 1.54) is 0 Å². The lowest BCUT2D eigenvalue weighted by Gasteiger charge is -2.28. The summed E-state index contributed by atoms with van der Waals surface area (Å²) in [5, 5.41) is 12.7. The maximum atomic E-state index is 13.8. The molecule has 0 spiro atoms. The van der Waals surface area contributed by atoms with Crippen LogP contribution in [-0.4, -0.2) is 24.0 Å². The molecule has 1 heterocycles. The molecule has 0 radical (unpaired) electrons. The molecule has 0 fully saturated rings. The number of aliphatic hydroxyl groups is 1. The lowest BCUT2D eigenvalue weighted by atomic mass is 9.98. The Morgan fingerprint density at radius 3 is 3.05 bits per heavy atom. The highest BCUT2D eigenvalue weighted by molar-refractivity contribution is 7.99. The second-order valence-corrected chi connectivity index (χ2v) is 6.53. The molecule has 1 aromatic rings. The molecule has 0 aliphatic carbocycles. The van der Waals surface area contributed by atoms with Crippen molar-refractivity contribution in [3.63, 3.8) is 0 Å². The highest BCUT2D eigenvalue weighted by atomic mass is 32.2. The number of nitrogens with one attached hydrogen (secondary N) is 1. The van der Waals surface area contributed by atoms with Gasteiger partial charge in [-0.05, 0) is 49.1 Å². The maximum absolute atomic E-state index is 13.8. The van der Waals surface area contributed by atoms with Gasteiger partial charge in [-0.1, -0.05) is 25.5 Å². The third-order valence-corrected chi connectivity index (χ3v) is 5.07. The van der Waals surface area contributed by atoms with E-state index in [1.807, 2.05) is 6.07 Å². The Hall–Kier alpha value is -0.580. The van der Waals surface area contributed by atoms with Crippen LogP contribution in [0.4, 0.5) is 4.39 Å². The smallest absolute Gasteiger partial charge is 0.137 e. The van der Waals surface area contributed by atoms with Gasteiger partial charge in [0.05, 0.1) is 0 Å². The Bertz CT molecular complexity index is 421. The minimum Gasteiger partial charge on any atom is -0.396 e. The summed E-state index contributed by atoms with van der Waals surface area (Å²) in [7, 11) is 0. The maximum Gasteiger partial charge on any atom is 0.137 e. The number of rotatable bonds is 7. The SMILES string of the molecule is CCCC(CCO)CNC1CCSc2c(F)cccc21. The van der Waals surface area contributed by atoms with E-state index < -0.39 is 0 Å². The van der Waals surface area contributed by atoms with Gasteiger partial charge in [-0.3, -0.25) is 0 Å². The van der Waals surface area contributed by atoms with Crippen molar-refractivity contribution in [3.05, 3.63) is 29.6 Å². The summed E-state index contributed by atoms with van der Waals surface area (Å²) in [6.07, 6.45) is 4.15. The van der Waals surface area contributed by atoms with Crippen LogP contribution in [0.3, 0.4) is 0 Å². The van der Waals surface area contributed by atoms with E-state index in [1.54, 1.807) is 23.9 Å². The molecule has 20 heavy (non-hydrogen) atoms. The number of halogens is 1. The average molecular weight is 297 g/mol. The Kier molecular flexibility index (Phi) is 6.33. The zero-order chi connectivity index (χ0) is 14.4. The van der Waals surface area contributed by atoms with E-state index >= 15 is 0 Å². The van der Waals surface area contributed by atoms with Gasteiger partial charge >= 0.3 is 0 Å². The number of hydrogen-bond acceptors (Lipinski definition) is 3. The molecule has 1 aromatic carbocycles. The van der Waals surface area contributed by atoms with Crippen LogP contribution in [0.1, 0.15) is 44.2 Å². The second kappa shape index (κ2) is 8.01. The van der Waals surface area contributed by atoms with Crippen molar-refractivity contribution in [2.24, 2.45) is 5.92 Å². The van der Waals surface area contributed by atoms with Crippen LogP contribution in [0.5, 0.6) is 0 Å². The van der Waals surface area contributed by atoms with Crippen LogP contribution in [0.2, 0.25) is 0 Å². The molecule has 0 amide bonds. The number of aliphatic hydroxyl groups excluding tert-OH is 1. The molecule has 0 aromatic heterocycles. The molecule has 1 aliphatic heterocycles. The summed E-state index contributed by atoms with van der Waals surface area (Å²) in [5.74, 6) is 1.38. The van der Waals surface area contributed by atoms with Crippen molar-refractivity contribution in [1.29, 1.82) is 0 Å². The van der Waals surface area contributed by atoms with Crippen molar-refractivity contribution in [2.45, 2.75) is 43.5 Å². The van der Waals surface area contributed by atoms with Crippen LogP contribution < -0.4 is 5.32 Å². The van der Waals surface area contributed by atoms with Gasteiger partial charge in [-0.15, -0.1) is 11.8 Å². The predicted molar refractivity (Wildman–Crippen MR) is 82.6 cm³/mol. The highest BCUT2D eigenvalue weighted by Crippen LogP contribution is 2.37. The molecule has 1 aliphatic rings. The van der Waals surface area contributed by atoms with Gasteiger partial charge in [0, 0.05) is 17.5 Å². The standard InChI is InChI=1S/C16H24FNOS/c1-2-4-12(7-9-19)11-18-15-8-10-20-16-13(15)5-3-6-14(16)17/h3,5-6,12,15,18-19H,2,4,7-11H2,1H3. The van der Waals surface area contributed by atoms with Crippen molar-refractivity contribution in [1.82, 2.24) is 5.32 Å². The molecule has 0 bridgehead atoms. The third-order valence-electron chi connectivity index (χ3n) is 3.91. The van der Waals surface area contributed by atoms with Gasteiger partial charge in [-0.25, -0.2) is 4.39 Å². The van der Waals surface area contributed by atoms with Gasteiger partial charge in [-0.2, -0.15) is 0 Å². The third kappa shape index (κ3) is 3.96. The number of hydrogen-bond donors (Lipinski definition) is 2. The molecule has 2 atom stereocenters. The van der Waals surface area contributed by atoms with Crippen LogP contribution in [-0.2, 0) is 0 Å².